The molecule has 1 aliphatic rings. The average Bonchev–Trinajstić information content (AvgIpc) is 2.83. The molecule has 10 heteroatoms. The van der Waals surface area contributed by atoms with E-state index in [1.807, 2.05) is 17.0 Å². The van der Waals surface area contributed by atoms with Gasteiger partial charge in [-0.05, 0) is 61.7 Å². The van der Waals surface area contributed by atoms with Gasteiger partial charge in [0.05, 0.1) is 11.3 Å². The third kappa shape index (κ3) is 5.49. The maximum Gasteiger partial charge on any atom is 0.418 e. The number of piperidine rings is 1. The van der Waals surface area contributed by atoms with Crippen molar-refractivity contribution in [1.82, 2.24) is 9.97 Å². The van der Waals surface area contributed by atoms with Crippen LogP contribution in [0.3, 0.4) is 0 Å². The van der Waals surface area contributed by atoms with E-state index in [1.165, 1.54) is 18.2 Å². The second-order valence-electron chi connectivity index (χ2n) is 8.07. The van der Waals surface area contributed by atoms with E-state index in [0.717, 1.165) is 55.6 Å². The van der Waals surface area contributed by atoms with Gasteiger partial charge in [0.1, 0.15) is 28.8 Å². The second-order valence-corrected chi connectivity index (χ2v) is 8.90. The minimum Gasteiger partial charge on any atom is -0.356 e. The van der Waals surface area contributed by atoms with Gasteiger partial charge in [0, 0.05) is 36.5 Å². The molecule has 0 bridgehead atoms. The van der Waals surface area contributed by atoms with Crippen molar-refractivity contribution in [1.29, 1.82) is 0 Å². The highest BCUT2D eigenvalue weighted by Crippen LogP contribution is 2.38. The fourth-order valence-electron chi connectivity index (χ4n) is 3.87. The largest absolute Gasteiger partial charge is 0.418 e. The van der Waals surface area contributed by atoms with Crippen molar-refractivity contribution in [3.8, 4) is 11.3 Å². The summed E-state index contributed by atoms with van der Waals surface area (Å²) in [4.78, 5) is 22.0. The van der Waals surface area contributed by atoms with Crippen molar-refractivity contribution in [3.63, 3.8) is 0 Å². The van der Waals surface area contributed by atoms with Crippen LogP contribution in [0.5, 0.6) is 0 Å². The molecule has 0 aliphatic carbocycles. The summed E-state index contributed by atoms with van der Waals surface area (Å²) in [6, 6.07) is 11.3. The fraction of sp³-hybridized carbons (Fsp3) is 0.292. The smallest absolute Gasteiger partial charge is 0.356 e. The van der Waals surface area contributed by atoms with Gasteiger partial charge < -0.3 is 14.4 Å². The number of halogens is 4. The minimum atomic E-state index is -4.64. The molecule has 0 saturated carbocycles. The van der Waals surface area contributed by atoms with E-state index in [0.29, 0.717) is 17.1 Å². The summed E-state index contributed by atoms with van der Waals surface area (Å²) in [5.41, 5.74) is -0.721. The van der Waals surface area contributed by atoms with E-state index in [-0.39, 0.29) is 23.0 Å². The van der Waals surface area contributed by atoms with Crippen molar-refractivity contribution >= 4 is 29.9 Å². The van der Waals surface area contributed by atoms with Gasteiger partial charge in [-0.2, -0.15) is 13.2 Å². The first-order valence-corrected chi connectivity index (χ1v) is 11.5. The molecule has 1 atom stereocenters. The SMILES string of the molecule is Cc1ccc(F)cc1-c1nc(NSc2cccc(N3CCCC(C=O)C3)n2)ccc1C(F)(F)F. The molecule has 3 heterocycles. The summed E-state index contributed by atoms with van der Waals surface area (Å²) >= 11 is 1.11. The Morgan fingerprint density at radius 3 is 2.74 bits per heavy atom. The van der Waals surface area contributed by atoms with Gasteiger partial charge in [-0.1, -0.05) is 12.1 Å². The lowest BCUT2D eigenvalue weighted by molar-refractivity contribution is -0.137. The van der Waals surface area contributed by atoms with Crippen molar-refractivity contribution in [3.05, 3.63) is 65.5 Å². The van der Waals surface area contributed by atoms with Crippen LogP contribution >= 0.6 is 11.9 Å². The van der Waals surface area contributed by atoms with Crippen molar-refractivity contribution in [2.45, 2.75) is 31.0 Å². The number of hydrogen-bond acceptors (Lipinski definition) is 6. The van der Waals surface area contributed by atoms with E-state index in [2.05, 4.69) is 14.7 Å². The molecule has 1 aromatic carbocycles. The van der Waals surface area contributed by atoms with Gasteiger partial charge in [0.25, 0.3) is 0 Å². The Kier molecular flexibility index (Phi) is 7.06. The minimum absolute atomic E-state index is 0.0222. The molecule has 178 valence electrons. The van der Waals surface area contributed by atoms with Gasteiger partial charge in [0.15, 0.2) is 0 Å². The molecule has 1 saturated heterocycles. The summed E-state index contributed by atoms with van der Waals surface area (Å²) in [6.45, 7) is 3.02. The molecule has 1 unspecified atom stereocenters. The van der Waals surface area contributed by atoms with Crippen LogP contribution in [0, 0.1) is 18.7 Å². The number of hydrogen-bond donors (Lipinski definition) is 1. The average molecular weight is 491 g/mol. The highest BCUT2D eigenvalue weighted by molar-refractivity contribution is 8.00. The molecule has 1 aliphatic heterocycles. The normalized spacial score (nSPS) is 16.4. The van der Waals surface area contributed by atoms with Gasteiger partial charge in [-0.25, -0.2) is 14.4 Å². The lowest BCUT2D eigenvalue weighted by Gasteiger charge is -2.31. The molecule has 2 aromatic heterocycles. The van der Waals surface area contributed by atoms with Crippen LogP contribution in [-0.2, 0) is 11.0 Å². The van der Waals surface area contributed by atoms with Crippen LogP contribution in [0.2, 0.25) is 0 Å². The number of rotatable bonds is 6. The van der Waals surface area contributed by atoms with Crippen LogP contribution in [0.15, 0.2) is 53.6 Å². The van der Waals surface area contributed by atoms with E-state index in [4.69, 9.17) is 0 Å². The van der Waals surface area contributed by atoms with Crippen molar-refractivity contribution in [2.24, 2.45) is 5.92 Å². The molecular weight excluding hydrogens is 468 g/mol. The number of anilines is 2. The van der Waals surface area contributed by atoms with Crippen LogP contribution in [0.4, 0.5) is 29.2 Å². The third-order valence-corrected chi connectivity index (χ3v) is 6.35. The molecule has 1 N–H and O–H groups in total. The van der Waals surface area contributed by atoms with E-state index in [9.17, 15) is 22.4 Å². The number of alkyl halides is 3. The Balaban J connectivity index is 1.57. The van der Waals surface area contributed by atoms with Gasteiger partial charge in [0.2, 0.25) is 0 Å². The molecule has 5 nitrogen and oxygen atoms in total. The first-order chi connectivity index (χ1) is 16.2. The van der Waals surface area contributed by atoms with E-state index < -0.39 is 17.6 Å². The summed E-state index contributed by atoms with van der Waals surface area (Å²) in [5, 5.41) is 0.593. The zero-order valence-electron chi connectivity index (χ0n) is 18.3. The standard InChI is InChI=1S/C24H22F4N4OS/c1-15-7-8-17(25)12-18(15)23-19(24(26,27)28)9-10-20(29-23)31-34-22-6-2-5-21(30-22)32-11-3-4-16(13-32)14-33/h2,5-10,12,14,16H,3-4,11,13H2,1H3,(H,29,31). The number of carbonyl (C=O) groups is 1. The highest BCUT2D eigenvalue weighted by Gasteiger charge is 2.35. The Labute approximate surface area is 198 Å². The maximum absolute atomic E-state index is 13.8. The maximum atomic E-state index is 13.8. The lowest BCUT2D eigenvalue weighted by Crippen LogP contribution is -2.36. The summed E-state index contributed by atoms with van der Waals surface area (Å²) < 4.78 is 57.6. The third-order valence-electron chi connectivity index (χ3n) is 5.60. The van der Waals surface area contributed by atoms with E-state index in [1.54, 1.807) is 13.0 Å². The molecule has 1 fully saturated rings. The lowest BCUT2D eigenvalue weighted by atomic mass is 10.00. The number of aldehydes is 1. The Hall–Kier alpha value is -3.14. The number of aryl methyl sites for hydroxylation is 1. The number of nitrogens with zero attached hydrogens (tertiary/aromatic N) is 3. The predicted molar refractivity (Wildman–Crippen MR) is 124 cm³/mol. The molecule has 0 amide bonds. The first kappa shape index (κ1) is 24.0. The number of aromatic nitrogens is 2. The van der Waals surface area contributed by atoms with Crippen LogP contribution < -0.4 is 9.62 Å². The number of carbonyl (C=O) groups excluding carboxylic acids is 1. The quantitative estimate of drug-likeness (QED) is 0.254. The molecule has 4 rings (SSSR count). The number of benzene rings is 1. The molecular formula is C24H22F4N4OS. The second kappa shape index (κ2) is 10.0. The summed E-state index contributed by atoms with van der Waals surface area (Å²) in [7, 11) is 0. The number of pyridine rings is 2. The Morgan fingerprint density at radius 2 is 1.97 bits per heavy atom. The summed E-state index contributed by atoms with van der Waals surface area (Å²) in [6.07, 6.45) is -1.90. The molecule has 0 radical (unpaired) electrons. The molecule has 3 aromatic rings. The number of nitrogens with one attached hydrogen (secondary N) is 1. The van der Waals surface area contributed by atoms with Crippen LogP contribution in [-0.4, -0.2) is 29.3 Å². The first-order valence-electron chi connectivity index (χ1n) is 10.7. The van der Waals surface area contributed by atoms with Gasteiger partial charge >= 0.3 is 6.18 Å². The summed E-state index contributed by atoms with van der Waals surface area (Å²) in [5.74, 6) is 0.252. The van der Waals surface area contributed by atoms with Crippen molar-refractivity contribution < 1.29 is 22.4 Å². The molecule has 0 spiro atoms. The van der Waals surface area contributed by atoms with Crippen LogP contribution in [0.25, 0.3) is 11.3 Å². The Bertz CT molecular complexity index is 1190. The fourth-order valence-corrected chi connectivity index (χ4v) is 4.48. The topological polar surface area (TPSA) is 58.1 Å². The van der Waals surface area contributed by atoms with E-state index >= 15 is 0 Å². The predicted octanol–water partition coefficient (Wildman–Crippen LogP) is 6.14. The van der Waals surface area contributed by atoms with Gasteiger partial charge in [-0.3, -0.25) is 0 Å². The van der Waals surface area contributed by atoms with Crippen molar-refractivity contribution in [2.75, 3.05) is 22.7 Å². The van der Waals surface area contributed by atoms with Crippen LogP contribution in [0.1, 0.15) is 24.0 Å². The zero-order chi connectivity index (χ0) is 24.3. The van der Waals surface area contributed by atoms with Gasteiger partial charge in [-0.15, -0.1) is 0 Å². The molecule has 34 heavy (non-hydrogen) atoms. The Morgan fingerprint density at radius 1 is 1.15 bits per heavy atom. The monoisotopic (exact) mass is 490 g/mol. The highest BCUT2D eigenvalue weighted by atomic mass is 32.2. The zero-order valence-corrected chi connectivity index (χ0v) is 19.1.